The third-order valence-corrected chi connectivity index (χ3v) is 5.40. The van der Waals surface area contributed by atoms with Crippen LogP contribution in [-0.2, 0) is 15.3 Å². The van der Waals surface area contributed by atoms with Gasteiger partial charge in [0, 0.05) is 25.6 Å². The minimum Gasteiger partial charge on any atom is -0.342 e. The third-order valence-electron chi connectivity index (χ3n) is 3.57. The van der Waals surface area contributed by atoms with E-state index in [-0.39, 0.29) is 6.10 Å². The molecule has 116 valence electrons. The van der Waals surface area contributed by atoms with Crippen LogP contribution >= 0.6 is 55.1 Å². The van der Waals surface area contributed by atoms with Gasteiger partial charge in [-0.2, -0.15) is 0 Å². The predicted octanol–water partition coefficient (Wildman–Crippen LogP) is 6.09. The molecule has 0 N–H and O–H groups in total. The zero-order chi connectivity index (χ0) is 15.7. The van der Waals surface area contributed by atoms with E-state index in [0.717, 1.165) is 15.6 Å². The van der Waals surface area contributed by atoms with Gasteiger partial charge in [0.1, 0.15) is 6.10 Å². The van der Waals surface area contributed by atoms with Gasteiger partial charge in [0.15, 0.2) is 0 Å². The Morgan fingerprint density at radius 2 is 1.86 bits per heavy atom. The molecule has 1 aliphatic rings. The van der Waals surface area contributed by atoms with Crippen LogP contribution in [0.5, 0.6) is 0 Å². The van der Waals surface area contributed by atoms with E-state index in [9.17, 15) is 0 Å². The number of benzene rings is 2. The number of ether oxygens (including phenoxy) is 2. The summed E-state index contributed by atoms with van der Waals surface area (Å²) in [5.74, 6) is -0.811. The summed E-state index contributed by atoms with van der Waals surface area (Å²) in [5.41, 5.74) is 1.84. The summed E-state index contributed by atoms with van der Waals surface area (Å²) in [6, 6.07) is 13.3. The van der Waals surface area contributed by atoms with Gasteiger partial charge in [0.2, 0.25) is 5.79 Å². The molecule has 0 radical (unpaired) electrons. The second-order valence-corrected chi connectivity index (χ2v) is 7.30. The van der Waals surface area contributed by atoms with Gasteiger partial charge in [-0.05, 0) is 24.3 Å². The van der Waals surface area contributed by atoms with Crippen LogP contribution < -0.4 is 0 Å². The number of hydrogen-bond donors (Lipinski definition) is 0. The predicted molar refractivity (Wildman–Crippen MR) is 95.9 cm³/mol. The highest BCUT2D eigenvalue weighted by atomic mass is 79.9. The Bertz CT molecular complexity index is 678. The maximum absolute atomic E-state index is 6.27. The molecule has 0 aromatic heterocycles. The van der Waals surface area contributed by atoms with Crippen molar-refractivity contribution in [2.24, 2.45) is 0 Å². The van der Waals surface area contributed by atoms with E-state index in [1.165, 1.54) is 0 Å². The molecular formula is C16H12Br2Cl2O2. The first-order valence-electron chi connectivity index (χ1n) is 6.63. The summed E-state index contributed by atoms with van der Waals surface area (Å²) in [7, 11) is 0. The smallest absolute Gasteiger partial charge is 0.205 e. The molecule has 22 heavy (non-hydrogen) atoms. The van der Waals surface area contributed by atoms with Gasteiger partial charge < -0.3 is 9.47 Å². The first-order chi connectivity index (χ1) is 10.5. The number of rotatable bonds is 3. The second kappa shape index (κ2) is 6.80. The lowest BCUT2D eigenvalue weighted by atomic mass is 10.1. The normalized spacial score (nSPS) is 24.6. The van der Waals surface area contributed by atoms with E-state index in [1.807, 2.05) is 30.3 Å². The lowest BCUT2D eigenvalue weighted by molar-refractivity contribution is -0.157. The van der Waals surface area contributed by atoms with E-state index in [4.69, 9.17) is 32.7 Å². The molecule has 2 nitrogen and oxygen atoms in total. The Labute approximate surface area is 156 Å². The van der Waals surface area contributed by atoms with Crippen molar-refractivity contribution < 1.29 is 9.47 Å². The molecule has 1 saturated heterocycles. The molecule has 0 bridgehead atoms. The Morgan fingerprint density at radius 3 is 2.50 bits per heavy atom. The monoisotopic (exact) mass is 464 g/mol. The van der Waals surface area contributed by atoms with Crippen molar-refractivity contribution in [3.8, 4) is 0 Å². The molecule has 3 rings (SSSR count). The van der Waals surface area contributed by atoms with Crippen LogP contribution in [0, 0.1) is 0 Å². The lowest BCUT2D eigenvalue weighted by Gasteiger charge is -2.26. The van der Waals surface area contributed by atoms with Gasteiger partial charge in [-0.15, -0.1) is 0 Å². The van der Waals surface area contributed by atoms with Crippen molar-refractivity contribution in [2.75, 3.05) is 11.9 Å². The average molecular weight is 467 g/mol. The second-order valence-electron chi connectivity index (χ2n) is 4.98. The molecule has 1 fully saturated rings. The zero-order valence-corrected chi connectivity index (χ0v) is 16.0. The molecule has 0 unspecified atom stereocenters. The molecule has 1 aliphatic heterocycles. The number of halogens is 4. The summed E-state index contributed by atoms with van der Waals surface area (Å²) >= 11 is 19.2. The highest BCUT2D eigenvalue weighted by molar-refractivity contribution is 9.10. The maximum atomic E-state index is 6.27. The van der Waals surface area contributed by atoms with E-state index in [0.29, 0.717) is 22.0 Å². The fourth-order valence-electron chi connectivity index (χ4n) is 2.43. The van der Waals surface area contributed by atoms with Gasteiger partial charge in [0.05, 0.1) is 11.9 Å². The average Bonchev–Trinajstić information content (AvgIpc) is 2.93. The molecule has 1 heterocycles. The van der Waals surface area contributed by atoms with Gasteiger partial charge in [-0.3, -0.25) is 0 Å². The van der Waals surface area contributed by atoms with Gasteiger partial charge in [0.25, 0.3) is 0 Å². The molecule has 6 heteroatoms. The molecule has 0 aliphatic carbocycles. The van der Waals surface area contributed by atoms with Gasteiger partial charge in [-0.1, -0.05) is 73.3 Å². The van der Waals surface area contributed by atoms with Crippen LogP contribution in [0.3, 0.4) is 0 Å². The Kier molecular flexibility index (Phi) is 5.17. The van der Waals surface area contributed by atoms with Crippen molar-refractivity contribution in [3.05, 3.63) is 68.1 Å². The highest BCUT2D eigenvalue weighted by Gasteiger charge is 2.43. The topological polar surface area (TPSA) is 18.5 Å². The van der Waals surface area contributed by atoms with E-state index < -0.39 is 5.79 Å². The molecular weight excluding hydrogens is 455 g/mol. The quantitative estimate of drug-likeness (QED) is 0.509. The molecule has 2 aromatic rings. The van der Waals surface area contributed by atoms with Crippen LogP contribution in [0.2, 0.25) is 10.0 Å². The standard InChI is InChI=1S/C16H12Br2Cl2O2/c17-9-16(10-1-3-11(18)4-2-10)21-8-15(22-16)13-6-5-12(19)7-14(13)20/h1-7,15H,8-9H2/t15-,16+/m1/s1. The molecule has 0 amide bonds. The Hall–Kier alpha value is -0.100. The fraction of sp³-hybridized carbons (Fsp3) is 0.250. The summed E-state index contributed by atoms with van der Waals surface area (Å²) in [6.07, 6.45) is -0.231. The lowest BCUT2D eigenvalue weighted by Crippen LogP contribution is -2.29. The third kappa shape index (κ3) is 3.23. The SMILES string of the molecule is Clc1ccc([C@H]2CO[C@](CBr)(c3ccc(Br)cc3)O2)c(Cl)c1. The minimum atomic E-state index is -0.811. The fourth-order valence-corrected chi connectivity index (χ4v) is 3.84. The highest BCUT2D eigenvalue weighted by Crippen LogP contribution is 2.43. The van der Waals surface area contributed by atoms with E-state index in [1.54, 1.807) is 12.1 Å². The van der Waals surface area contributed by atoms with Gasteiger partial charge >= 0.3 is 0 Å². The number of alkyl halides is 1. The van der Waals surface area contributed by atoms with Crippen LogP contribution in [0.4, 0.5) is 0 Å². The first-order valence-corrected chi connectivity index (χ1v) is 9.30. The van der Waals surface area contributed by atoms with Gasteiger partial charge in [-0.25, -0.2) is 0 Å². The van der Waals surface area contributed by atoms with Crippen LogP contribution in [0.25, 0.3) is 0 Å². The Morgan fingerprint density at radius 1 is 1.14 bits per heavy atom. The summed E-state index contributed by atoms with van der Waals surface area (Å²) < 4.78 is 13.2. The first kappa shape index (κ1) is 16.7. The van der Waals surface area contributed by atoms with Crippen LogP contribution in [0.15, 0.2) is 46.9 Å². The van der Waals surface area contributed by atoms with Crippen molar-refractivity contribution in [1.29, 1.82) is 0 Å². The van der Waals surface area contributed by atoms with Crippen molar-refractivity contribution >= 4 is 55.1 Å². The van der Waals surface area contributed by atoms with Crippen molar-refractivity contribution in [3.63, 3.8) is 0 Å². The summed E-state index contributed by atoms with van der Waals surface area (Å²) in [5, 5.41) is 1.72. The maximum Gasteiger partial charge on any atom is 0.205 e. The largest absolute Gasteiger partial charge is 0.342 e. The van der Waals surface area contributed by atoms with Crippen LogP contribution in [0.1, 0.15) is 17.2 Å². The summed E-state index contributed by atoms with van der Waals surface area (Å²) in [6.45, 7) is 0.434. The van der Waals surface area contributed by atoms with E-state index in [2.05, 4.69) is 31.9 Å². The van der Waals surface area contributed by atoms with Crippen molar-refractivity contribution in [2.45, 2.75) is 11.9 Å². The molecule has 0 saturated carbocycles. The molecule has 2 aromatic carbocycles. The van der Waals surface area contributed by atoms with Crippen LogP contribution in [-0.4, -0.2) is 11.9 Å². The summed E-state index contributed by atoms with van der Waals surface area (Å²) in [4.78, 5) is 0. The van der Waals surface area contributed by atoms with Crippen molar-refractivity contribution in [1.82, 2.24) is 0 Å². The molecule has 2 atom stereocenters. The minimum absolute atomic E-state index is 0.231. The Balaban J connectivity index is 1.89. The molecule has 0 spiro atoms. The zero-order valence-electron chi connectivity index (χ0n) is 11.4. The van der Waals surface area contributed by atoms with E-state index >= 15 is 0 Å². The number of hydrogen-bond acceptors (Lipinski definition) is 2.